The van der Waals surface area contributed by atoms with E-state index < -0.39 is 5.97 Å². The predicted molar refractivity (Wildman–Crippen MR) is 70.3 cm³/mol. The molecule has 0 aliphatic heterocycles. The van der Waals surface area contributed by atoms with E-state index in [1.807, 2.05) is 19.0 Å². The largest absolute Gasteiger partial charge is 0.481 e. The number of aliphatic carboxylic acids is 1. The fourth-order valence-corrected chi connectivity index (χ4v) is 1.84. The SMILES string of the molecule is CC(C)C(CN(C)C)NC(=O)CSCC(=O)O. The van der Waals surface area contributed by atoms with E-state index >= 15 is 0 Å². The van der Waals surface area contributed by atoms with Gasteiger partial charge < -0.3 is 15.3 Å². The van der Waals surface area contributed by atoms with Crippen LogP contribution >= 0.6 is 11.8 Å². The molecular weight excluding hydrogens is 240 g/mol. The van der Waals surface area contributed by atoms with Crippen molar-refractivity contribution in [2.45, 2.75) is 19.9 Å². The molecule has 0 heterocycles. The van der Waals surface area contributed by atoms with E-state index in [1.165, 1.54) is 0 Å². The van der Waals surface area contributed by atoms with Crippen LogP contribution < -0.4 is 5.32 Å². The minimum Gasteiger partial charge on any atom is -0.481 e. The highest BCUT2D eigenvalue weighted by molar-refractivity contribution is 8.00. The summed E-state index contributed by atoms with van der Waals surface area (Å²) in [5.41, 5.74) is 0. The molecule has 2 N–H and O–H groups in total. The van der Waals surface area contributed by atoms with Gasteiger partial charge in [0.1, 0.15) is 0 Å². The standard InChI is InChI=1S/C11H22N2O3S/c1-8(2)9(5-13(3)4)12-10(14)6-17-7-11(15)16/h8-9H,5-7H2,1-4H3,(H,12,14)(H,15,16). The number of nitrogens with zero attached hydrogens (tertiary/aromatic N) is 1. The molecule has 0 rings (SSSR count). The number of amides is 1. The maximum absolute atomic E-state index is 11.6. The molecule has 1 unspecified atom stereocenters. The quantitative estimate of drug-likeness (QED) is 0.667. The third kappa shape index (κ3) is 9.00. The fraction of sp³-hybridized carbons (Fsp3) is 0.818. The van der Waals surface area contributed by atoms with Gasteiger partial charge >= 0.3 is 5.97 Å². The lowest BCUT2D eigenvalue weighted by Crippen LogP contribution is -2.45. The molecule has 0 aromatic rings. The van der Waals surface area contributed by atoms with Gasteiger partial charge in [0, 0.05) is 12.6 Å². The van der Waals surface area contributed by atoms with Crippen molar-refractivity contribution >= 4 is 23.6 Å². The second-order valence-corrected chi connectivity index (χ2v) is 5.55. The maximum atomic E-state index is 11.6. The van der Waals surface area contributed by atoms with Gasteiger partial charge in [-0.1, -0.05) is 13.8 Å². The van der Waals surface area contributed by atoms with Crippen LogP contribution in [0, 0.1) is 5.92 Å². The summed E-state index contributed by atoms with van der Waals surface area (Å²) < 4.78 is 0. The van der Waals surface area contributed by atoms with Gasteiger partial charge in [-0.3, -0.25) is 9.59 Å². The Kier molecular flexibility index (Phi) is 7.99. The lowest BCUT2D eigenvalue weighted by atomic mass is 10.0. The number of carboxylic acid groups (broad SMARTS) is 1. The van der Waals surface area contributed by atoms with Crippen LogP contribution in [-0.4, -0.2) is 60.1 Å². The molecule has 1 atom stereocenters. The first-order chi connectivity index (χ1) is 7.82. The molecule has 0 bridgehead atoms. The number of rotatable bonds is 8. The second-order valence-electron chi connectivity index (χ2n) is 4.57. The smallest absolute Gasteiger partial charge is 0.313 e. The van der Waals surface area contributed by atoms with E-state index in [0.29, 0.717) is 5.92 Å². The third-order valence-electron chi connectivity index (χ3n) is 2.17. The molecule has 0 aromatic heterocycles. The molecule has 17 heavy (non-hydrogen) atoms. The average Bonchev–Trinajstić information content (AvgIpc) is 2.15. The highest BCUT2D eigenvalue weighted by Crippen LogP contribution is 2.04. The van der Waals surface area contributed by atoms with Crippen LogP contribution in [0.4, 0.5) is 0 Å². The fourth-order valence-electron chi connectivity index (χ4n) is 1.30. The molecule has 5 nitrogen and oxygen atoms in total. The summed E-state index contributed by atoms with van der Waals surface area (Å²) in [5.74, 6) is -0.477. The number of carbonyl (C=O) groups is 2. The van der Waals surface area contributed by atoms with Crippen LogP contribution in [0.3, 0.4) is 0 Å². The molecule has 0 aliphatic rings. The highest BCUT2D eigenvalue weighted by Gasteiger charge is 2.16. The van der Waals surface area contributed by atoms with Gasteiger partial charge in [-0.25, -0.2) is 0 Å². The zero-order chi connectivity index (χ0) is 13.4. The van der Waals surface area contributed by atoms with Crippen LogP contribution in [-0.2, 0) is 9.59 Å². The Bertz CT molecular complexity index is 257. The number of likely N-dealkylation sites (N-methyl/N-ethyl adjacent to an activating group) is 1. The number of carbonyl (C=O) groups excluding carboxylic acids is 1. The normalized spacial score (nSPS) is 12.8. The van der Waals surface area contributed by atoms with E-state index in [9.17, 15) is 9.59 Å². The summed E-state index contributed by atoms with van der Waals surface area (Å²) >= 11 is 1.12. The summed E-state index contributed by atoms with van der Waals surface area (Å²) in [7, 11) is 3.92. The Morgan fingerprint density at radius 1 is 1.29 bits per heavy atom. The van der Waals surface area contributed by atoms with Gasteiger partial charge in [0.15, 0.2) is 0 Å². The Hall–Kier alpha value is -0.750. The minimum atomic E-state index is -0.892. The second kappa shape index (κ2) is 8.36. The number of hydrogen-bond donors (Lipinski definition) is 2. The molecule has 0 radical (unpaired) electrons. The summed E-state index contributed by atoms with van der Waals surface area (Å²) in [6.45, 7) is 4.89. The predicted octanol–water partition coefficient (Wildman–Crippen LogP) is 0.507. The van der Waals surface area contributed by atoms with E-state index in [4.69, 9.17) is 5.11 Å². The summed E-state index contributed by atoms with van der Waals surface area (Å²) in [6, 6.07) is 0.0999. The van der Waals surface area contributed by atoms with Gasteiger partial charge in [-0.05, 0) is 20.0 Å². The van der Waals surface area contributed by atoms with Crippen molar-refractivity contribution in [1.82, 2.24) is 10.2 Å². The van der Waals surface area contributed by atoms with E-state index in [1.54, 1.807) is 0 Å². The van der Waals surface area contributed by atoms with Crippen LogP contribution in [0.25, 0.3) is 0 Å². The average molecular weight is 262 g/mol. The molecule has 0 aliphatic carbocycles. The monoisotopic (exact) mass is 262 g/mol. The van der Waals surface area contributed by atoms with E-state index in [-0.39, 0.29) is 23.5 Å². The summed E-state index contributed by atoms with van der Waals surface area (Å²) in [6.07, 6.45) is 0. The Labute approximate surface area is 107 Å². The molecule has 0 saturated carbocycles. The van der Waals surface area contributed by atoms with Gasteiger partial charge in [-0.15, -0.1) is 11.8 Å². The van der Waals surface area contributed by atoms with Crippen molar-refractivity contribution < 1.29 is 14.7 Å². The van der Waals surface area contributed by atoms with Crippen LogP contribution in [0.1, 0.15) is 13.8 Å². The van der Waals surface area contributed by atoms with E-state index in [0.717, 1.165) is 18.3 Å². The molecular formula is C11H22N2O3S. The van der Waals surface area contributed by atoms with Crippen molar-refractivity contribution in [2.24, 2.45) is 5.92 Å². The highest BCUT2D eigenvalue weighted by atomic mass is 32.2. The van der Waals surface area contributed by atoms with Crippen molar-refractivity contribution in [3.63, 3.8) is 0 Å². The molecule has 0 aromatic carbocycles. The summed E-state index contributed by atoms with van der Waals surface area (Å²) in [5, 5.41) is 11.4. The maximum Gasteiger partial charge on any atom is 0.313 e. The molecule has 100 valence electrons. The third-order valence-corrected chi connectivity index (χ3v) is 3.09. The number of carboxylic acids is 1. The van der Waals surface area contributed by atoms with Crippen molar-refractivity contribution in [2.75, 3.05) is 32.1 Å². The zero-order valence-electron chi connectivity index (χ0n) is 10.9. The zero-order valence-corrected chi connectivity index (χ0v) is 11.7. The molecule has 0 fully saturated rings. The molecule has 1 amide bonds. The van der Waals surface area contributed by atoms with Crippen LogP contribution in [0.15, 0.2) is 0 Å². The van der Waals surface area contributed by atoms with Gasteiger partial charge in [-0.2, -0.15) is 0 Å². The Morgan fingerprint density at radius 2 is 1.88 bits per heavy atom. The lowest BCUT2D eigenvalue weighted by Gasteiger charge is -2.25. The Morgan fingerprint density at radius 3 is 2.29 bits per heavy atom. The first-order valence-electron chi connectivity index (χ1n) is 5.56. The van der Waals surface area contributed by atoms with Crippen molar-refractivity contribution in [3.05, 3.63) is 0 Å². The Balaban J connectivity index is 3.99. The number of thioether (sulfide) groups is 1. The first-order valence-corrected chi connectivity index (χ1v) is 6.72. The van der Waals surface area contributed by atoms with Crippen LogP contribution in [0.2, 0.25) is 0 Å². The molecule has 0 saturated heterocycles. The lowest BCUT2D eigenvalue weighted by molar-refractivity contribution is -0.133. The minimum absolute atomic E-state index is 0.0343. The number of hydrogen-bond acceptors (Lipinski definition) is 4. The molecule has 0 spiro atoms. The van der Waals surface area contributed by atoms with Crippen molar-refractivity contribution in [3.8, 4) is 0 Å². The molecule has 6 heteroatoms. The topological polar surface area (TPSA) is 69.6 Å². The first kappa shape index (κ1) is 16.2. The van der Waals surface area contributed by atoms with Gasteiger partial charge in [0.05, 0.1) is 11.5 Å². The van der Waals surface area contributed by atoms with Gasteiger partial charge in [0.25, 0.3) is 0 Å². The van der Waals surface area contributed by atoms with Gasteiger partial charge in [0.2, 0.25) is 5.91 Å². The summed E-state index contributed by atoms with van der Waals surface area (Å²) in [4.78, 5) is 23.9. The number of nitrogens with one attached hydrogen (secondary N) is 1. The van der Waals surface area contributed by atoms with Crippen LogP contribution in [0.5, 0.6) is 0 Å². The van der Waals surface area contributed by atoms with Crippen molar-refractivity contribution in [1.29, 1.82) is 0 Å². The van der Waals surface area contributed by atoms with E-state index in [2.05, 4.69) is 19.2 Å².